The molecule has 1 aliphatic rings. The van der Waals surface area contributed by atoms with Crippen molar-refractivity contribution in [2.75, 3.05) is 26.2 Å². The molecule has 1 aromatic heterocycles. The second-order valence-electron chi connectivity index (χ2n) is 7.75. The molecule has 6 heteroatoms. The average Bonchev–Trinajstić information content (AvgIpc) is 3.18. The van der Waals surface area contributed by atoms with E-state index in [1.54, 1.807) is 4.90 Å². The molecule has 0 spiro atoms. The number of quaternary nitrogens is 2. The summed E-state index contributed by atoms with van der Waals surface area (Å²) in [6.07, 6.45) is 0. The topological polar surface area (TPSA) is 47.8 Å². The van der Waals surface area contributed by atoms with E-state index in [-0.39, 0.29) is 6.04 Å². The Morgan fingerprint density at radius 2 is 1.82 bits per heavy atom. The highest BCUT2D eigenvalue weighted by Gasteiger charge is 2.31. The molecule has 0 amide bonds. The van der Waals surface area contributed by atoms with Crippen LogP contribution in [0.2, 0.25) is 5.02 Å². The number of hydrogen-bond acceptors (Lipinski definition) is 3. The van der Waals surface area contributed by atoms with Crippen molar-refractivity contribution < 1.29 is 14.2 Å². The molecular formula is C22H27ClN4O+2. The Labute approximate surface area is 170 Å². The molecular weight excluding hydrogens is 372 g/mol. The molecule has 1 saturated heterocycles. The molecule has 2 heterocycles. The number of aromatic nitrogens is 2. The van der Waals surface area contributed by atoms with Crippen LogP contribution < -0.4 is 9.80 Å². The van der Waals surface area contributed by atoms with Crippen LogP contribution >= 0.6 is 11.6 Å². The van der Waals surface area contributed by atoms with E-state index >= 15 is 0 Å². The Hall–Kier alpha value is -2.21. The molecule has 0 radical (unpaired) electrons. The van der Waals surface area contributed by atoms with Crippen LogP contribution in [0.15, 0.2) is 52.9 Å². The summed E-state index contributed by atoms with van der Waals surface area (Å²) >= 11 is 6.11. The molecule has 146 valence electrons. The first kappa shape index (κ1) is 19.1. The maximum absolute atomic E-state index is 6.11. The van der Waals surface area contributed by atoms with Gasteiger partial charge in [-0.25, -0.2) is 0 Å². The molecule has 4 rings (SSSR count). The van der Waals surface area contributed by atoms with Crippen molar-refractivity contribution in [1.82, 2.24) is 10.2 Å². The number of rotatable bonds is 5. The fraction of sp³-hybridized carbons (Fsp3) is 0.364. The van der Waals surface area contributed by atoms with Crippen molar-refractivity contribution in [2.45, 2.75) is 26.4 Å². The highest BCUT2D eigenvalue weighted by Crippen LogP contribution is 2.20. The number of aryl methyl sites for hydroxylation is 1. The third-order valence-corrected chi connectivity index (χ3v) is 5.87. The SMILES string of the molecule is Cc1cccc(-c2nnc([C@@H](C)[NH+]3CC[NH+](Cc4cccc(Cl)c4)CC3)o2)c1. The molecule has 5 nitrogen and oxygen atoms in total. The monoisotopic (exact) mass is 398 g/mol. The third-order valence-electron chi connectivity index (χ3n) is 5.63. The van der Waals surface area contributed by atoms with Gasteiger partial charge >= 0.3 is 0 Å². The molecule has 1 atom stereocenters. The number of nitrogens with zero attached hydrogens (tertiary/aromatic N) is 2. The van der Waals surface area contributed by atoms with Crippen LogP contribution in [-0.2, 0) is 6.54 Å². The van der Waals surface area contributed by atoms with Gasteiger partial charge in [0.15, 0.2) is 6.04 Å². The predicted molar refractivity (Wildman–Crippen MR) is 109 cm³/mol. The quantitative estimate of drug-likeness (QED) is 0.688. The predicted octanol–water partition coefficient (Wildman–Crippen LogP) is 1.74. The van der Waals surface area contributed by atoms with E-state index in [9.17, 15) is 0 Å². The summed E-state index contributed by atoms with van der Waals surface area (Å²) < 4.78 is 6.01. The molecule has 3 aromatic rings. The normalized spacial score (nSPS) is 20.8. The lowest BCUT2D eigenvalue weighted by atomic mass is 10.1. The summed E-state index contributed by atoms with van der Waals surface area (Å²) in [5, 5.41) is 9.43. The third kappa shape index (κ3) is 4.43. The molecule has 0 aliphatic carbocycles. The molecule has 1 fully saturated rings. The molecule has 28 heavy (non-hydrogen) atoms. The van der Waals surface area contributed by atoms with Crippen LogP contribution in [0.25, 0.3) is 11.5 Å². The van der Waals surface area contributed by atoms with Gasteiger partial charge in [-0.2, -0.15) is 0 Å². The number of benzene rings is 2. The van der Waals surface area contributed by atoms with E-state index in [4.69, 9.17) is 16.0 Å². The smallest absolute Gasteiger partial charge is 0.274 e. The molecule has 2 N–H and O–H groups in total. The molecule has 0 unspecified atom stereocenters. The molecule has 0 bridgehead atoms. The zero-order valence-electron chi connectivity index (χ0n) is 16.4. The van der Waals surface area contributed by atoms with E-state index in [2.05, 4.69) is 48.3 Å². The molecule has 2 aromatic carbocycles. The van der Waals surface area contributed by atoms with Gasteiger partial charge < -0.3 is 14.2 Å². The maximum atomic E-state index is 6.11. The van der Waals surface area contributed by atoms with Gasteiger partial charge in [-0.15, -0.1) is 10.2 Å². The van der Waals surface area contributed by atoms with Crippen molar-refractivity contribution in [3.63, 3.8) is 0 Å². The van der Waals surface area contributed by atoms with Gasteiger partial charge in [0.2, 0.25) is 5.89 Å². The van der Waals surface area contributed by atoms with Crippen LogP contribution in [0, 0.1) is 6.92 Å². The number of halogens is 1. The largest absolute Gasteiger partial charge is 0.415 e. The molecule has 1 aliphatic heterocycles. The van der Waals surface area contributed by atoms with Gasteiger partial charge in [0.1, 0.15) is 32.7 Å². The highest BCUT2D eigenvalue weighted by molar-refractivity contribution is 6.30. The minimum Gasteiger partial charge on any atom is -0.415 e. The van der Waals surface area contributed by atoms with E-state index in [1.165, 1.54) is 16.0 Å². The van der Waals surface area contributed by atoms with Gasteiger partial charge in [-0.3, -0.25) is 0 Å². The van der Waals surface area contributed by atoms with Gasteiger partial charge in [0.05, 0.1) is 0 Å². The fourth-order valence-corrected chi connectivity index (χ4v) is 4.16. The summed E-state index contributed by atoms with van der Waals surface area (Å²) in [5.74, 6) is 1.33. The summed E-state index contributed by atoms with van der Waals surface area (Å²) in [5.41, 5.74) is 3.48. The van der Waals surface area contributed by atoms with Crippen LogP contribution in [0.1, 0.15) is 30.0 Å². The van der Waals surface area contributed by atoms with Crippen molar-refractivity contribution in [3.05, 3.63) is 70.6 Å². The minimum absolute atomic E-state index is 0.207. The summed E-state index contributed by atoms with van der Waals surface area (Å²) in [6, 6.07) is 16.6. The van der Waals surface area contributed by atoms with E-state index in [0.29, 0.717) is 5.89 Å². The lowest BCUT2D eigenvalue weighted by Crippen LogP contribution is -3.27. The Balaban J connectivity index is 1.36. The first-order chi connectivity index (χ1) is 13.6. The van der Waals surface area contributed by atoms with Gasteiger partial charge in [-0.1, -0.05) is 41.4 Å². The van der Waals surface area contributed by atoms with E-state index in [0.717, 1.165) is 49.2 Å². The number of nitrogens with one attached hydrogen (secondary N) is 2. The Morgan fingerprint density at radius 3 is 2.57 bits per heavy atom. The zero-order chi connectivity index (χ0) is 19.5. The second-order valence-corrected chi connectivity index (χ2v) is 8.19. The van der Waals surface area contributed by atoms with Crippen molar-refractivity contribution in [2.24, 2.45) is 0 Å². The standard InChI is InChI=1S/C22H25ClN4O/c1-16-5-3-7-19(13-16)22-25-24-21(28-22)17(2)27-11-9-26(10-12-27)15-18-6-4-8-20(23)14-18/h3-8,13-14,17H,9-12,15H2,1-2H3/p+2/t17-/m1/s1. The summed E-state index contributed by atoms with van der Waals surface area (Å²) in [6.45, 7) is 9.73. The van der Waals surface area contributed by atoms with Crippen molar-refractivity contribution >= 4 is 11.6 Å². The van der Waals surface area contributed by atoms with Crippen molar-refractivity contribution in [3.8, 4) is 11.5 Å². The Bertz CT molecular complexity index is 934. The van der Waals surface area contributed by atoms with Crippen LogP contribution in [0.3, 0.4) is 0 Å². The first-order valence-electron chi connectivity index (χ1n) is 9.91. The van der Waals surface area contributed by atoms with Gasteiger partial charge in [0.25, 0.3) is 5.89 Å². The lowest BCUT2D eigenvalue weighted by molar-refractivity contribution is -1.03. The summed E-state index contributed by atoms with van der Waals surface area (Å²) in [4.78, 5) is 3.11. The van der Waals surface area contributed by atoms with E-state index < -0.39 is 0 Å². The number of hydrogen-bond donors (Lipinski definition) is 2. The lowest BCUT2D eigenvalue weighted by Gasteiger charge is -2.32. The first-order valence-corrected chi connectivity index (χ1v) is 10.3. The Morgan fingerprint density at radius 1 is 1.04 bits per heavy atom. The second kappa shape index (κ2) is 8.43. The van der Waals surface area contributed by atoms with Gasteiger partial charge in [-0.05, 0) is 38.1 Å². The number of piperazine rings is 1. The minimum atomic E-state index is 0.207. The highest BCUT2D eigenvalue weighted by atomic mass is 35.5. The zero-order valence-corrected chi connectivity index (χ0v) is 17.2. The Kier molecular flexibility index (Phi) is 5.76. The fourth-order valence-electron chi connectivity index (χ4n) is 3.95. The average molecular weight is 399 g/mol. The van der Waals surface area contributed by atoms with Crippen LogP contribution in [-0.4, -0.2) is 36.4 Å². The van der Waals surface area contributed by atoms with Crippen molar-refractivity contribution in [1.29, 1.82) is 0 Å². The molecule has 0 saturated carbocycles. The van der Waals surface area contributed by atoms with E-state index in [1.807, 2.05) is 24.3 Å². The van der Waals surface area contributed by atoms with Gasteiger partial charge in [0, 0.05) is 16.1 Å². The maximum Gasteiger partial charge on any atom is 0.274 e. The van der Waals surface area contributed by atoms with Crippen LogP contribution in [0.5, 0.6) is 0 Å². The van der Waals surface area contributed by atoms with Crippen LogP contribution in [0.4, 0.5) is 0 Å². The summed E-state index contributed by atoms with van der Waals surface area (Å²) in [7, 11) is 0.